The number of fused-ring (bicyclic) bond motifs is 1. The smallest absolute Gasteiger partial charge is 0.285 e. The van der Waals surface area contributed by atoms with Gasteiger partial charge in [0.15, 0.2) is 18.1 Å². The molecule has 0 radical (unpaired) electrons. The number of carbonyl (C=O) groups excluding carboxylic acids is 2. The highest BCUT2D eigenvalue weighted by atomic mass is 16.7. The van der Waals surface area contributed by atoms with Crippen molar-refractivity contribution >= 4 is 11.8 Å². The van der Waals surface area contributed by atoms with Gasteiger partial charge in [-0.15, -0.1) is 15.3 Å². The molecule has 0 saturated heterocycles. The molecule has 12 nitrogen and oxygen atoms in total. The zero-order chi connectivity index (χ0) is 30.5. The number of ether oxygens (including phenoxy) is 4. The van der Waals surface area contributed by atoms with Crippen LogP contribution in [0.25, 0.3) is 11.6 Å². The van der Waals surface area contributed by atoms with Gasteiger partial charge in [0.1, 0.15) is 30.4 Å². The second-order valence-corrected chi connectivity index (χ2v) is 9.51. The van der Waals surface area contributed by atoms with Gasteiger partial charge in [-0.25, -0.2) is 4.98 Å². The molecule has 0 saturated carbocycles. The number of benzene rings is 3. The van der Waals surface area contributed by atoms with Gasteiger partial charge in [-0.2, -0.15) is 0 Å². The van der Waals surface area contributed by atoms with Crippen LogP contribution in [0.5, 0.6) is 23.0 Å². The van der Waals surface area contributed by atoms with Crippen LogP contribution in [0.1, 0.15) is 37.7 Å². The molecule has 0 atom stereocenters. The van der Waals surface area contributed by atoms with E-state index in [0.29, 0.717) is 22.3 Å². The van der Waals surface area contributed by atoms with E-state index >= 15 is 0 Å². The summed E-state index contributed by atoms with van der Waals surface area (Å²) < 4.78 is 28.4. The SMILES string of the molecule is COc1ccc(COc2cnc(-c3nnc(CON4C(=O)c5ccccc5C4=O)o3)cc2OCc2ccc(OC)cc2)cc1. The Morgan fingerprint density at radius 2 is 1.27 bits per heavy atom. The molecule has 1 aliphatic rings. The minimum absolute atomic E-state index is 0.0406. The summed E-state index contributed by atoms with van der Waals surface area (Å²) in [7, 11) is 3.22. The monoisotopic (exact) mass is 594 g/mol. The van der Waals surface area contributed by atoms with Gasteiger partial charge < -0.3 is 23.4 Å². The Morgan fingerprint density at radius 1 is 0.705 bits per heavy atom. The fourth-order valence-corrected chi connectivity index (χ4v) is 4.35. The molecule has 12 heteroatoms. The number of amides is 2. The van der Waals surface area contributed by atoms with Crippen molar-refractivity contribution in [3.63, 3.8) is 0 Å². The number of carbonyl (C=O) groups is 2. The third kappa shape index (κ3) is 6.05. The molecule has 222 valence electrons. The summed E-state index contributed by atoms with van der Waals surface area (Å²) in [6.07, 6.45) is 1.52. The maximum atomic E-state index is 12.6. The van der Waals surface area contributed by atoms with E-state index in [2.05, 4.69) is 15.2 Å². The Bertz CT molecular complexity index is 1750. The zero-order valence-corrected chi connectivity index (χ0v) is 23.8. The Kier molecular flexibility index (Phi) is 8.15. The predicted molar refractivity (Wildman–Crippen MR) is 154 cm³/mol. The zero-order valence-electron chi connectivity index (χ0n) is 23.8. The number of rotatable bonds is 12. The Labute approximate surface area is 251 Å². The van der Waals surface area contributed by atoms with E-state index in [1.54, 1.807) is 44.6 Å². The molecule has 6 rings (SSSR count). The number of imide groups is 1. The van der Waals surface area contributed by atoms with Gasteiger partial charge in [-0.3, -0.25) is 14.4 Å². The van der Waals surface area contributed by atoms with Crippen molar-refractivity contribution in [2.24, 2.45) is 0 Å². The van der Waals surface area contributed by atoms with E-state index in [0.717, 1.165) is 22.6 Å². The van der Waals surface area contributed by atoms with Crippen molar-refractivity contribution in [3.05, 3.63) is 113 Å². The Morgan fingerprint density at radius 3 is 1.84 bits per heavy atom. The van der Waals surface area contributed by atoms with E-state index in [4.69, 9.17) is 28.2 Å². The molecule has 0 fully saturated rings. The molecular weight excluding hydrogens is 568 g/mol. The van der Waals surface area contributed by atoms with Crippen molar-refractivity contribution in [2.45, 2.75) is 19.8 Å². The quantitative estimate of drug-likeness (QED) is 0.180. The Hall–Kier alpha value is -5.75. The highest BCUT2D eigenvalue weighted by Gasteiger charge is 2.36. The normalized spacial score (nSPS) is 12.3. The summed E-state index contributed by atoms with van der Waals surface area (Å²) in [6.45, 7) is 0.210. The second-order valence-electron chi connectivity index (χ2n) is 9.51. The van der Waals surface area contributed by atoms with Crippen molar-refractivity contribution in [2.75, 3.05) is 14.2 Å². The number of hydrogen-bond donors (Lipinski definition) is 0. The van der Waals surface area contributed by atoms with Crippen molar-refractivity contribution in [1.29, 1.82) is 0 Å². The molecule has 2 aromatic heterocycles. The molecule has 1 aliphatic heterocycles. The second kappa shape index (κ2) is 12.6. The summed E-state index contributed by atoms with van der Waals surface area (Å²) in [5.74, 6) is 1.31. The van der Waals surface area contributed by atoms with Crippen molar-refractivity contribution in [1.82, 2.24) is 20.2 Å². The number of hydrogen-bond acceptors (Lipinski definition) is 11. The van der Waals surface area contributed by atoms with E-state index in [1.165, 1.54) is 6.20 Å². The highest BCUT2D eigenvalue weighted by molar-refractivity contribution is 6.20. The van der Waals surface area contributed by atoms with E-state index in [9.17, 15) is 9.59 Å². The lowest BCUT2D eigenvalue weighted by Crippen LogP contribution is -2.29. The van der Waals surface area contributed by atoms with Gasteiger partial charge in [0, 0.05) is 6.07 Å². The van der Waals surface area contributed by atoms with Crippen LogP contribution in [-0.4, -0.2) is 46.3 Å². The lowest BCUT2D eigenvalue weighted by atomic mass is 10.1. The van der Waals surface area contributed by atoms with Crippen LogP contribution in [0.2, 0.25) is 0 Å². The molecule has 0 N–H and O–H groups in total. The fourth-order valence-electron chi connectivity index (χ4n) is 4.35. The molecule has 0 spiro atoms. The fraction of sp³-hybridized carbons (Fsp3) is 0.156. The Balaban J connectivity index is 1.17. The largest absolute Gasteiger partial charge is 0.497 e. The maximum Gasteiger partial charge on any atom is 0.285 e. The third-order valence-electron chi connectivity index (χ3n) is 6.70. The number of methoxy groups -OCH3 is 2. The van der Waals surface area contributed by atoms with Gasteiger partial charge in [-0.05, 0) is 47.5 Å². The van der Waals surface area contributed by atoms with Crippen LogP contribution < -0.4 is 18.9 Å². The molecule has 5 aromatic rings. The third-order valence-corrected chi connectivity index (χ3v) is 6.70. The van der Waals surface area contributed by atoms with E-state index in [-0.39, 0.29) is 42.7 Å². The summed E-state index contributed by atoms with van der Waals surface area (Å²) in [5, 5.41) is 8.72. The van der Waals surface area contributed by atoms with Gasteiger partial charge >= 0.3 is 0 Å². The molecular formula is C32H26N4O8. The van der Waals surface area contributed by atoms with E-state index < -0.39 is 11.8 Å². The first-order valence-electron chi connectivity index (χ1n) is 13.5. The van der Waals surface area contributed by atoms with Crippen molar-refractivity contribution in [3.8, 4) is 34.6 Å². The van der Waals surface area contributed by atoms with Crippen LogP contribution in [0.15, 0.2) is 89.5 Å². The summed E-state index contributed by atoms with van der Waals surface area (Å²) >= 11 is 0. The van der Waals surface area contributed by atoms with Crippen molar-refractivity contribution < 1.29 is 37.8 Å². The molecule has 44 heavy (non-hydrogen) atoms. The molecule has 2 amide bonds. The lowest BCUT2D eigenvalue weighted by molar-refractivity contribution is -0.106. The average molecular weight is 595 g/mol. The minimum Gasteiger partial charge on any atom is -0.497 e. The van der Waals surface area contributed by atoms with Crippen LogP contribution in [0.3, 0.4) is 0 Å². The lowest BCUT2D eigenvalue weighted by Gasteiger charge is -2.14. The molecule has 0 unspecified atom stereocenters. The van der Waals surface area contributed by atoms with E-state index in [1.807, 2.05) is 48.5 Å². The topological polar surface area (TPSA) is 135 Å². The van der Waals surface area contributed by atoms with Gasteiger partial charge in [0.05, 0.1) is 31.5 Å². The van der Waals surface area contributed by atoms with Crippen LogP contribution in [0, 0.1) is 0 Å². The van der Waals surface area contributed by atoms with Gasteiger partial charge in [-0.1, -0.05) is 36.4 Å². The molecule has 0 aliphatic carbocycles. The molecule has 3 heterocycles. The minimum atomic E-state index is -0.559. The molecule has 0 bridgehead atoms. The maximum absolute atomic E-state index is 12.6. The summed E-state index contributed by atoms with van der Waals surface area (Å²) in [4.78, 5) is 35.0. The highest BCUT2D eigenvalue weighted by Crippen LogP contribution is 2.32. The predicted octanol–water partition coefficient (Wildman–Crippen LogP) is 5.03. The number of nitrogens with zero attached hydrogens (tertiary/aromatic N) is 4. The summed E-state index contributed by atoms with van der Waals surface area (Å²) in [5.41, 5.74) is 2.70. The number of hydroxylamine groups is 2. The van der Waals surface area contributed by atoms with Crippen LogP contribution in [-0.2, 0) is 24.7 Å². The standard InChI is InChI=1S/C32H26N4O8/c1-39-22-11-7-20(8-12-22)17-41-27-15-26(33-16-28(27)42-18-21-9-13-23(40-2)14-10-21)30-35-34-29(44-30)19-43-36-31(37)24-5-3-4-6-25(24)32(36)38/h3-16H,17-19H2,1-2H3. The molecule has 3 aromatic carbocycles. The number of aromatic nitrogens is 3. The van der Waals surface area contributed by atoms with Gasteiger partial charge in [0.2, 0.25) is 5.89 Å². The van der Waals surface area contributed by atoms with Crippen LogP contribution in [0.4, 0.5) is 0 Å². The first kappa shape index (κ1) is 28.4. The first-order valence-corrected chi connectivity index (χ1v) is 13.5. The first-order chi connectivity index (χ1) is 21.5. The number of pyridine rings is 1. The average Bonchev–Trinajstić information content (AvgIpc) is 3.64. The summed E-state index contributed by atoms with van der Waals surface area (Å²) in [6, 6.07) is 23.1. The van der Waals surface area contributed by atoms with Crippen LogP contribution >= 0.6 is 0 Å². The van der Waals surface area contributed by atoms with Gasteiger partial charge in [0.25, 0.3) is 17.7 Å².